The van der Waals surface area contributed by atoms with E-state index in [9.17, 15) is 9.50 Å². The fourth-order valence-corrected chi connectivity index (χ4v) is 20.9. The molecule has 0 aliphatic heterocycles. The maximum absolute atomic E-state index is 13.3. The molecule has 0 heterocycles. The fourth-order valence-electron chi connectivity index (χ4n) is 4.18. The topological polar surface area (TPSA) is 20.2 Å². The van der Waals surface area contributed by atoms with Crippen molar-refractivity contribution in [1.29, 1.82) is 0 Å². The van der Waals surface area contributed by atoms with Crippen molar-refractivity contribution < 1.29 is 9.50 Å². The van der Waals surface area contributed by atoms with Crippen LogP contribution < -0.4 is 0 Å². The molecular formula is C23H41FOSn. The third kappa shape index (κ3) is 7.14. The zero-order valence-corrected chi connectivity index (χ0v) is 20.6. The normalized spacial score (nSPS) is 13.8. The quantitative estimate of drug-likeness (QED) is 0.301. The van der Waals surface area contributed by atoms with Crippen LogP contribution in [0.3, 0.4) is 0 Å². The molecule has 150 valence electrons. The number of unbranched alkanes of at least 4 members (excludes halogenated alkanes) is 3. The summed E-state index contributed by atoms with van der Waals surface area (Å²) in [4.78, 5) is 0. The van der Waals surface area contributed by atoms with Crippen molar-refractivity contribution in [1.82, 2.24) is 0 Å². The zero-order chi connectivity index (χ0) is 19.6. The second-order valence-electron chi connectivity index (χ2n) is 8.78. The van der Waals surface area contributed by atoms with Gasteiger partial charge in [0.15, 0.2) is 0 Å². The molecule has 1 N–H and O–H groups in total. The predicted octanol–water partition coefficient (Wildman–Crippen LogP) is 7.24. The van der Waals surface area contributed by atoms with Crippen LogP contribution in [0.4, 0.5) is 4.39 Å². The molecule has 0 fully saturated rings. The Bertz CT molecular complexity index is 476. The van der Waals surface area contributed by atoms with E-state index in [1.54, 1.807) is 12.1 Å². The number of halogens is 1. The summed E-state index contributed by atoms with van der Waals surface area (Å²) in [5.41, 5.74) is 1.03. The number of hydrogen-bond acceptors (Lipinski definition) is 1. The molecule has 0 spiro atoms. The van der Waals surface area contributed by atoms with Crippen LogP contribution in [0.5, 0.6) is 0 Å². The monoisotopic (exact) mass is 472 g/mol. The van der Waals surface area contributed by atoms with Crippen molar-refractivity contribution in [3.05, 3.63) is 35.6 Å². The third-order valence-corrected chi connectivity index (χ3v) is 22.3. The molecular weight excluding hydrogens is 430 g/mol. The SMILES string of the molecule is CCC[CH2][Sn]([CH2]CCC)([CH2]CCC)[CH](O)CC(C)(C)c1ccc(F)cc1. The summed E-state index contributed by atoms with van der Waals surface area (Å²) in [5, 5.41) is 11.5. The van der Waals surface area contributed by atoms with Crippen LogP contribution >= 0.6 is 0 Å². The van der Waals surface area contributed by atoms with Gasteiger partial charge in [0, 0.05) is 0 Å². The van der Waals surface area contributed by atoms with Gasteiger partial charge in [-0.15, -0.1) is 0 Å². The van der Waals surface area contributed by atoms with Crippen molar-refractivity contribution in [3.8, 4) is 0 Å². The van der Waals surface area contributed by atoms with E-state index in [1.165, 1.54) is 51.8 Å². The molecule has 3 heteroatoms. The number of hydrogen-bond donors (Lipinski definition) is 1. The molecule has 0 aromatic heterocycles. The molecule has 1 aromatic rings. The Balaban J connectivity index is 3.02. The van der Waals surface area contributed by atoms with Crippen LogP contribution in [-0.2, 0) is 5.41 Å². The van der Waals surface area contributed by atoms with E-state index in [-0.39, 0.29) is 15.4 Å². The first-order chi connectivity index (χ1) is 12.3. The summed E-state index contributed by atoms with van der Waals surface area (Å²) >= 11 is -2.64. The Morgan fingerprint density at radius 3 is 1.69 bits per heavy atom. The Labute approximate surface area is 165 Å². The Hall–Kier alpha value is -0.0913. The van der Waals surface area contributed by atoms with Crippen molar-refractivity contribution >= 4 is 18.4 Å². The van der Waals surface area contributed by atoms with E-state index in [2.05, 4.69) is 34.6 Å². The van der Waals surface area contributed by atoms with Gasteiger partial charge in [0.25, 0.3) is 0 Å². The summed E-state index contributed by atoms with van der Waals surface area (Å²) < 4.78 is 17.2. The van der Waals surface area contributed by atoms with E-state index in [0.717, 1.165) is 12.0 Å². The Morgan fingerprint density at radius 2 is 1.31 bits per heavy atom. The number of benzene rings is 1. The summed E-state index contributed by atoms with van der Waals surface area (Å²) in [6, 6.07) is 6.88. The molecule has 0 radical (unpaired) electrons. The third-order valence-electron chi connectivity index (χ3n) is 6.12. The van der Waals surface area contributed by atoms with Gasteiger partial charge in [-0.25, -0.2) is 0 Å². The molecule has 0 aliphatic carbocycles. The van der Waals surface area contributed by atoms with Crippen LogP contribution in [0.15, 0.2) is 24.3 Å². The van der Waals surface area contributed by atoms with Gasteiger partial charge < -0.3 is 0 Å². The van der Waals surface area contributed by atoms with Gasteiger partial charge in [0.1, 0.15) is 0 Å². The van der Waals surface area contributed by atoms with Gasteiger partial charge in [-0.3, -0.25) is 0 Å². The second-order valence-corrected chi connectivity index (χ2v) is 22.7. The summed E-state index contributed by atoms with van der Waals surface area (Å²) in [6.07, 6.45) is 8.33. The second kappa shape index (κ2) is 11.7. The predicted molar refractivity (Wildman–Crippen MR) is 115 cm³/mol. The van der Waals surface area contributed by atoms with E-state index in [0.29, 0.717) is 0 Å². The summed E-state index contributed by atoms with van der Waals surface area (Å²) in [6.45, 7) is 11.2. The number of aliphatic hydroxyl groups excluding tert-OH is 1. The minimum atomic E-state index is -2.64. The van der Waals surface area contributed by atoms with Gasteiger partial charge in [-0.05, 0) is 0 Å². The number of aliphatic hydroxyl groups is 1. The van der Waals surface area contributed by atoms with Crippen LogP contribution in [-0.4, -0.2) is 27.6 Å². The standard InChI is InChI=1S/C11H14FO.3C4H9.Sn/c1-11(2,7-8-13)9-3-5-10(12)6-4-9;3*1-3-4-2;/h3-6,8,13H,7H2,1-2H3;3*1,3-4H2,2H3;. The fraction of sp³-hybridized carbons (Fsp3) is 0.739. The molecule has 1 unspecified atom stereocenters. The molecule has 0 aliphatic rings. The Kier molecular flexibility index (Phi) is 10.8. The first-order valence-electron chi connectivity index (χ1n) is 10.8. The molecule has 1 atom stereocenters. The molecule has 1 aromatic carbocycles. The molecule has 26 heavy (non-hydrogen) atoms. The van der Waals surface area contributed by atoms with Gasteiger partial charge in [0.05, 0.1) is 0 Å². The van der Waals surface area contributed by atoms with Crippen molar-refractivity contribution in [2.75, 3.05) is 0 Å². The average Bonchev–Trinajstić information content (AvgIpc) is 2.61. The zero-order valence-electron chi connectivity index (χ0n) is 17.8. The van der Waals surface area contributed by atoms with Gasteiger partial charge >= 0.3 is 166 Å². The first-order valence-corrected chi connectivity index (χ1v) is 18.5. The molecule has 0 amide bonds. The van der Waals surface area contributed by atoms with Crippen molar-refractivity contribution in [2.24, 2.45) is 0 Å². The number of rotatable bonds is 13. The van der Waals surface area contributed by atoms with E-state index in [4.69, 9.17) is 0 Å². The molecule has 1 rings (SSSR count). The first kappa shape index (κ1) is 23.9. The van der Waals surface area contributed by atoms with E-state index < -0.39 is 18.4 Å². The summed E-state index contributed by atoms with van der Waals surface area (Å²) in [5.74, 6) is -0.188. The van der Waals surface area contributed by atoms with Gasteiger partial charge in [-0.1, -0.05) is 0 Å². The molecule has 1 nitrogen and oxygen atoms in total. The Morgan fingerprint density at radius 1 is 0.885 bits per heavy atom. The minimum absolute atomic E-state index is 0.103. The van der Waals surface area contributed by atoms with Crippen LogP contribution in [0, 0.1) is 5.82 Å². The van der Waals surface area contributed by atoms with E-state index in [1.807, 2.05) is 12.1 Å². The maximum atomic E-state index is 13.3. The van der Waals surface area contributed by atoms with E-state index >= 15 is 0 Å². The molecule has 0 saturated carbocycles. The summed E-state index contributed by atoms with van der Waals surface area (Å²) in [7, 11) is 0. The van der Waals surface area contributed by atoms with Crippen molar-refractivity contribution in [3.63, 3.8) is 0 Å². The van der Waals surface area contributed by atoms with Crippen molar-refractivity contribution in [2.45, 2.75) is 102 Å². The van der Waals surface area contributed by atoms with Crippen LogP contribution in [0.2, 0.25) is 13.3 Å². The molecule has 0 saturated heterocycles. The molecule has 0 bridgehead atoms. The van der Waals surface area contributed by atoms with Gasteiger partial charge in [0.2, 0.25) is 0 Å². The van der Waals surface area contributed by atoms with Crippen LogP contribution in [0.1, 0.15) is 85.1 Å². The van der Waals surface area contributed by atoms with Gasteiger partial charge in [-0.2, -0.15) is 0 Å². The van der Waals surface area contributed by atoms with Crippen LogP contribution in [0.25, 0.3) is 0 Å². The average molecular weight is 471 g/mol.